The van der Waals surface area contributed by atoms with Crippen LogP contribution in [0.15, 0.2) is 0 Å². The highest BCUT2D eigenvalue weighted by molar-refractivity contribution is 8.60. The van der Waals surface area contributed by atoms with E-state index in [2.05, 4.69) is 33.1 Å². The Morgan fingerprint density at radius 2 is 1.18 bits per heavy atom. The van der Waals surface area contributed by atoms with Gasteiger partial charge >= 0.3 is 0 Å². The molecule has 0 fully saturated rings. The van der Waals surface area contributed by atoms with Crippen molar-refractivity contribution in [3.8, 4) is 0 Å². The number of thiol groups is 1. The number of rotatable bonds is 2. The Bertz CT molecular complexity index is 90.6. The summed E-state index contributed by atoms with van der Waals surface area (Å²) in [6, 6.07) is 0. The summed E-state index contributed by atoms with van der Waals surface area (Å²) in [6.45, 7) is 0. The third-order valence-corrected chi connectivity index (χ3v) is 3.26. The van der Waals surface area contributed by atoms with Gasteiger partial charge in [-0.1, -0.05) is 12.2 Å². The van der Waals surface area contributed by atoms with Gasteiger partial charge in [0.2, 0.25) is 5.69 Å². The van der Waals surface area contributed by atoms with Crippen molar-refractivity contribution < 1.29 is 9.05 Å². The van der Waals surface area contributed by atoms with Crippen molar-refractivity contribution in [1.82, 2.24) is 0 Å². The topological polar surface area (TPSA) is 18.5 Å². The van der Waals surface area contributed by atoms with Gasteiger partial charge in [-0.15, -0.1) is 0 Å². The second-order valence-electron chi connectivity index (χ2n) is 0.834. The van der Waals surface area contributed by atoms with Gasteiger partial charge in [0.25, 0.3) is 0 Å². The Balaban J connectivity index is -0.0000000300. The first kappa shape index (κ1) is 29.2. The van der Waals surface area contributed by atoms with Crippen molar-refractivity contribution in [2.45, 2.75) is 0 Å². The first-order valence-corrected chi connectivity index (χ1v) is 5.36. The highest BCUT2D eigenvalue weighted by Gasteiger charge is 2.04. The van der Waals surface area contributed by atoms with E-state index in [1.807, 2.05) is 0 Å². The van der Waals surface area contributed by atoms with Crippen LogP contribution in [0.25, 0.3) is 0 Å². The van der Waals surface area contributed by atoms with Crippen LogP contribution in [0.3, 0.4) is 0 Å². The van der Waals surface area contributed by atoms with E-state index in [0.29, 0.717) is 0 Å². The highest BCUT2D eigenvalue weighted by Crippen LogP contribution is 2.51. The minimum absolute atomic E-state index is 0. The maximum Gasteiger partial charge on any atom is 0.243 e. The molecule has 0 heterocycles. The minimum atomic E-state index is -2.13. The summed E-state index contributed by atoms with van der Waals surface area (Å²) in [5.74, 6) is 0. The first-order valence-electron chi connectivity index (χ1n) is 1.56. The molecule has 0 saturated heterocycles. The van der Waals surface area contributed by atoms with Crippen LogP contribution in [0.2, 0.25) is 0 Å². The fourth-order valence-corrected chi connectivity index (χ4v) is 0.224. The van der Waals surface area contributed by atoms with Gasteiger partial charge in [-0.05, 0) is 11.8 Å². The molecule has 0 rings (SSSR count). The van der Waals surface area contributed by atoms with Crippen LogP contribution in [0.4, 0.5) is 0 Å². The first-order chi connectivity index (χ1) is 3.12. The lowest BCUT2D eigenvalue weighted by molar-refractivity contribution is 0.354. The summed E-state index contributed by atoms with van der Waals surface area (Å²) in [6.07, 6.45) is 0. The predicted molar refractivity (Wildman–Crippen MR) is 78.8 cm³/mol. The summed E-state index contributed by atoms with van der Waals surface area (Å²) in [5, 5.41) is 0. The molecule has 0 aromatic rings. The smallest absolute Gasteiger partial charge is 0.243 e. The van der Waals surface area contributed by atoms with Gasteiger partial charge in [0, 0.05) is 14.2 Å². The standard InChI is InChI=1S/C2H7O2PS2.4H2S/c1-3-5(6,7)4-2;;;;/h1-2H3,(H,6,7);4*1H2. The van der Waals surface area contributed by atoms with Crippen molar-refractivity contribution >= 4 is 83.7 Å². The zero-order chi connectivity index (χ0) is 5.91. The third-order valence-electron chi connectivity index (χ3n) is 0.461. The Morgan fingerprint density at radius 3 is 1.18 bits per heavy atom. The Kier molecular flexibility index (Phi) is 39.4. The number of hydrogen-bond donors (Lipinski definition) is 1. The molecule has 0 aromatic heterocycles. The Hall–Kier alpha value is 2.32. The van der Waals surface area contributed by atoms with Crippen LogP contribution in [-0.4, -0.2) is 14.2 Å². The highest BCUT2D eigenvalue weighted by atomic mass is 32.9. The summed E-state index contributed by atoms with van der Waals surface area (Å²) >= 11 is 8.54. The van der Waals surface area contributed by atoms with Crippen molar-refractivity contribution in [3.05, 3.63) is 0 Å². The van der Waals surface area contributed by atoms with E-state index in [4.69, 9.17) is 0 Å². The largest absolute Gasteiger partial charge is 0.325 e. The van der Waals surface area contributed by atoms with Gasteiger partial charge < -0.3 is 9.05 Å². The molecule has 0 amide bonds. The van der Waals surface area contributed by atoms with E-state index < -0.39 is 5.69 Å². The SMILES string of the molecule is COP(=S)(S)OC.S.S.S.S. The Labute approximate surface area is 106 Å². The van der Waals surface area contributed by atoms with E-state index in [1.165, 1.54) is 14.2 Å². The molecule has 0 aliphatic rings. The molecule has 0 aliphatic carbocycles. The molecule has 0 atom stereocenters. The normalized spacial score (nSPS) is 7.55. The average molecular weight is 295 g/mol. The molecule has 0 aliphatic heterocycles. The lowest BCUT2D eigenvalue weighted by Crippen LogP contribution is -1.76. The molecule has 0 aromatic carbocycles. The minimum Gasteiger partial charge on any atom is -0.325 e. The monoisotopic (exact) mass is 294 g/mol. The van der Waals surface area contributed by atoms with Gasteiger partial charge in [0.15, 0.2) is 0 Å². The molecule has 76 valence electrons. The molecular weight excluding hydrogens is 279 g/mol. The summed E-state index contributed by atoms with van der Waals surface area (Å²) in [4.78, 5) is 0. The molecular formula is C2H15O2PS6. The average Bonchev–Trinajstić information content (AvgIpc) is 1.68. The molecule has 0 saturated carbocycles. The van der Waals surface area contributed by atoms with E-state index >= 15 is 0 Å². The van der Waals surface area contributed by atoms with Crippen LogP contribution in [0.1, 0.15) is 0 Å². The Morgan fingerprint density at radius 1 is 1.00 bits per heavy atom. The summed E-state index contributed by atoms with van der Waals surface area (Å²) < 4.78 is 9.31. The van der Waals surface area contributed by atoms with Crippen molar-refractivity contribution in [1.29, 1.82) is 0 Å². The van der Waals surface area contributed by atoms with Crippen LogP contribution in [0.5, 0.6) is 0 Å². The third kappa shape index (κ3) is 19.0. The zero-order valence-corrected chi connectivity index (χ0v) is 12.7. The molecule has 0 N–H and O–H groups in total. The maximum atomic E-state index is 4.68. The maximum absolute atomic E-state index is 4.68. The van der Waals surface area contributed by atoms with Crippen LogP contribution < -0.4 is 0 Å². The fraction of sp³-hybridized carbons (Fsp3) is 1.00. The van der Waals surface area contributed by atoms with E-state index in [9.17, 15) is 0 Å². The molecule has 2 nitrogen and oxygen atoms in total. The van der Waals surface area contributed by atoms with E-state index in [1.54, 1.807) is 0 Å². The predicted octanol–water partition coefficient (Wildman–Crippen LogP) is 1.88. The fourth-order valence-electron chi connectivity index (χ4n) is 0.0745. The van der Waals surface area contributed by atoms with E-state index in [-0.39, 0.29) is 54.0 Å². The van der Waals surface area contributed by atoms with Gasteiger partial charge in [-0.3, -0.25) is 0 Å². The van der Waals surface area contributed by atoms with Gasteiger partial charge in [-0.25, -0.2) is 0 Å². The lowest BCUT2D eigenvalue weighted by Gasteiger charge is -2.07. The summed E-state index contributed by atoms with van der Waals surface area (Å²) in [5.41, 5.74) is -2.13. The van der Waals surface area contributed by atoms with Crippen molar-refractivity contribution in [3.63, 3.8) is 0 Å². The summed E-state index contributed by atoms with van der Waals surface area (Å²) in [7, 11) is 2.97. The molecule has 9 heteroatoms. The molecule has 0 spiro atoms. The molecule has 0 bridgehead atoms. The quantitative estimate of drug-likeness (QED) is 0.620. The van der Waals surface area contributed by atoms with Crippen molar-refractivity contribution in [2.75, 3.05) is 14.2 Å². The lowest BCUT2D eigenvalue weighted by atomic mass is 11.8. The van der Waals surface area contributed by atoms with Crippen LogP contribution in [0, 0.1) is 0 Å². The van der Waals surface area contributed by atoms with Crippen LogP contribution >= 0.6 is 71.9 Å². The number of hydrogen-bond acceptors (Lipinski definition) is 3. The molecule has 0 unspecified atom stereocenters. The molecule has 0 radical (unpaired) electrons. The second-order valence-corrected chi connectivity index (χ2v) is 6.33. The van der Waals surface area contributed by atoms with Crippen LogP contribution in [-0.2, 0) is 20.9 Å². The van der Waals surface area contributed by atoms with Gasteiger partial charge in [0.1, 0.15) is 0 Å². The van der Waals surface area contributed by atoms with E-state index in [0.717, 1.165) is 0 Å². The zero-order valence-electron chi connectivity index (χ0n) is 6.12. The van der Waals surface area contributed by atoms with Gasteiger partial charge in [0.05, 0.1) is 0 Å². The second kappa shape index (κ2) is 14.8. The van der Waals surface area contributed by atoms with Gasteiger partial charge in [-0.2, -0.15) is 54.0 Å². The molecule has 11 heavy (non-hydrogen) atoms. The van der Waals surface area contributed by atoms with Crippen molar-refractivity contribution in [2.24, 2.45) is 0 Å².